The average Bonchev–Trinajstić information content (AvgIpc) is 2.26. The van der Waals surface area contributed by atoms with Gasteiger partial charge in [0.2, 0.25) is 10.0 Å². The van der Waals surface area contributed by atoms with Crippen molar-refractivity contribution < 1.29 is 18.3 Å². The van der Waals surface area contributed by atoms with Crippen LogP contribution in [0.15, 0.2) is 6.07 Å². The van der Waals surface area contributed by atoms with E-state index >= 15 is 0 Å². The number of aromatic carboxylic acids is 1. The van der Waals surface area contributed by atoms with Crippen LogP contribution in [-0.2, 0) is 10.0 Å². The molecule has 0 aliphatic heterocycles. The van der Waals surface area contributed by atoms with Crippen LogP contribution in [0.4, 0.5) is 5.69 Å². The fraction of sp³-hybridized carbons (Fsp3) is 0.500. The zero-order valence-electron chi connectivity index (χ0n) is 12.0. The molecule has 0 atom stereocenters. The lowest BCUT2D eigenvalue weighted by molar-refractivity contribution is 0.0696. The molecule has 0 aromatic carbocycles. The molecule has 1 heterocycles. The number of nitrogens with zero attached hydrogens (tertiary/aromatic N) is 2. The summed E-state index contributed by atoms with van der Waals surface area (Å²) < 4.78 is 24.4. The van der Waals surface area contributed by atoms with E-state index in [0.29, 0.717) is 17.1 Å². The van der Waals surface area contributed by atoms with Crippen molar-refractivity contribution in [2.75, 3.05) is 31.7 Å². The van der Waals surface area contributed by atoms with Gasteiger partial charge in [0.15, 0.2) is 0 Å². The van der Waals surface area contributed by atoms with Gasteiger partial charge in [-0.2, -0.15) is 0 Å². The maximum Gasteiger partial charge on any atom is 0.339 e. The number of hydrogen-bond acceptors (Lipinski definition) is 5. The van der Waals surface area contributed by atoms with Crippen LogP contribution in [0.25, 0.3) is 0 Å². The number of carbonyl (C=O) groups is 1. The van der Waals surface area contributed by atoms with Gasteiger partial charge >= 0.3 is 5.97 Å². The molecular formula is C12H19N3O4S. The number of carboxylic acids is 1. The molecule has 0 amide bonds. The predicted octanol–water partition coefficient (Wildman–Crippen LogP) is 0.700. The monoisotopic (exact) mass is 301 g/mol. The minimum absolute atomic E-state index is 0.0675. The molecule has 0 saturated heterocycles. The van der Waals surface area contributed by atoms with E-state index in [2.05, 4.69) is 10.3 Å². The van der Waals surface area contributed by atoms with Crippen molar-refractivity contribution >= 4 is 21.7 Å². The molecule has 0 aliphatic rings. The molecule has 0 fully saturated rings. The summed E-state index contributed by atoms with van der Waals surface area (Å²) in [6.07, 6.45) is 0. The molecular weight excluding hydrogens is 282 g/mol. The lowest BCUT2D eigenvalue weighted by atomic mass is 10.1. The normalized spacial score (nSPS) is 11.7. The molecule has 0 saturated carbocycles. The van der Waals surface area contributed by atoms with E-state index < -0.39 is 16.0 Å². The Bertz CT molecular complexity index is 611. The first-order valence-corrected chi connectivity index (χ1v) is 7.61. The lowest BCUT2D eigenvalue weighted by Gasteiger charge is -2.14. The minimum Gasteiger partial charge on any atom is -0.478 e. The Balaban J connectivity index is 2.91. The smallest absolute Gasteiger partial charge is 0.339 e. The van der Waals surface area contributed by atoms with E-state index in [1.165, 1.54) is 14.1 Å². The molecule has 1 rings (SSSR count). The first-order valence-electron chi connectivity index (χ1n) is 6.00. The number of aromatic nitrogens is 1. The Labute approximate surface area is 118 Å². The summed E-state index contributed by atoms with van der Waals surface area (Å²) in [6.45, 7) is 3.49. The molecule has 0 unspecified atom stereocenters. The quantitative estimate of drug-likeness (QED) is 0.802. The Hall–Kier alpha value is -1.67. The molecule has 2 N–H and O–H groups in total. The highest BCUT2D eigenvalue weighted by Gasteiger charge is 2.17. The molecule has 0 radical (unpaired) electrons. The van der Waals surface area contributed by atoms with E-state index in [4.69, 9.17) is 0 Å². The fourth-order valence-electron chi connectivity index (χ4n) is 1.74. The third-order valence-corrected chi connectivity index (χ3v) is 4.61. The SMILES string of the molecule is Cc1cc(NCCS(=O)(=O)N(C)C)c(C(=O)O)c(C)n1. The van der Waals surface area contributed by atoms with Gasteiger partial charge in [0.25, 0.3) is 0 Å². The molecule has 1 aromatic heterocycles. The van der Waals surface area contributed by atoms with Crippen LogP contribution < -0.4 is 5.32 Å². The molecule has 1 aromatic rings. The number of aryl methyl sites for hydroxylation is 2. The van der Waals surface area contributed by atoms with Crippen LogP contribution in [0.5, 0.6) is 0 Å². The zero-order chi connectivity index (χ0) is 15.5. The Morgan fingerprint density at radius 3 is 2.50 bits per heavy atom. The third kappa shape index (κ3) is 3.91. The number of rotatable bonds is 6. The average molecular weight is 301 g/mol. The topological polar surface area (TPSA) is 99.6 Å². The summed E-state index contributed by atoms with van der Waals surface area (Å²) in [5.74, 6) is -1.20. The Kier molecular flexibility index (Phi) is 5.07. The third-order valence-electron chi connectivity index (χ3n) is 2.77. The van der Waals surface area contributed by atoms with Crippen LogP contribution in [-0.4, -0.2) is 55.2 Å². The second kappa shape index (κ2) is 6.19. The molecule has 0 bridgehead atoms. The Morgan fingerprint density at radius 2 is 2.00 bits per heavy atom. The van der Waals surface area contributed by atoms with Crippen molar-refractivity contribution in [2.45, 2.75) is 13.8 Å². The van der Waals surface area contributed by atoms with E-state index in [9.17, 15) is 18.3 Å². The number of carboxylic acid groups (broad SMARTS) is 1. The van der Waals surface area contributed by atoms with E-state index in [-0.39, 0.29) is 17.9 Å². The van der Waals surface area contributed by atoms with Crippen molar-refractivity contribution in [3.63, 3.8) is 0 Å². The van der Waals surface area contributed by atoms with Gasteiger partial charge in [-0.3, -0.25) is 4.98 Å². The molecule has 7 nitrogen and oxygen atoms in total. The van der Waals surface area contributed by atoms with Gasteiger partial charge in [0.05, 0.1) is 17.1 Å². The van der Waals surface area contributed by atoms with Gasteiger partial charge in [-0.05, 0) is 19.9 Å². The second-order valence-electron chi connectivity index (χ2n) is 4.60. The van der Waals surface area contributed by atoms with Gasteiger partial charge in [-0.1, -0.05) is 0 Å². The van der Waals surface area contributed by atoms with E-state index in [1.807, 2.05) is 0 Å². The van der Waals surface area contributed by atoms with Gasteiger partial charge < -0.3 is 10.4 Å². The van der Waals surface area contributed by atoms with Crippen LogP contribution >= 0.6 is 0 Å². The van der Waals surface area contributed by atoms with Crippen LogP contribution in [0.3, 0.4) is 0 Å². The van der Waals surface area contributed by atoms with Crippen molar-refractivity contribution in [1.29, 1.82) is 0 Å². The zero-order valence-corrected chi connectivity index (χ0v) is 12.8. The predicted molar refractivity (Wildman–Crippen MR) is 76.6 cm³/mol. The maximum absolute atomic E-state index is 11.6. The summed E-state index contributed by atoms with van der Waals surface area (Å²) in [5.41, 5.74) is 1.52. The standard InChI is InChI=1S/C12H19N3O4S/c1-8-7-10(11(12(16)17)9(2)14-8)13-5-6-20(18,19)15(3)4/h7H,5-6H2,1-4H3,(H,13,14)(H,16,17). The van der Waals surface area contributed by atoms with Gasteiger partial charge in [0, 0.05) is 26.3 Å². The largest absolute Gasteiger partial charge is 0.478 e. The molecule has 112 valence electrons. The first-order chi connectivity index (χ1) is 9.15. The van der Waals surface area contributed by atoms with Crippen LogP contribution in [0, 0.1) is 13.8 Å². The van der Waals surface area contributed by atoms with Crippen LogP contribution in [0.2, 0.25) is 0 Å². The van der Waals surface area contributed by atoms with Crippen molar-refractivity contribution in [3.05, 3.63) is 23.0 Å². The second-order valence-corrected chi connectivity index (χ2v) is 6.90. The van der Waals surface area contributed by atoms with Crippen molar-refractivity contribution in [3.8, 4) is 0 Å². The minimum atomic E-state index is -3.31. The number of anilines is 1. The molecule has 8 heteroatoms. The molecule has 20 heavy (non-hydrogen) atoms. The van der Waals surface area contributed by atoms with Crippen LogP contribution in [0.1, 0.15) is 21.7 Å². The maximum atomic E-state index is 11.6. The number of hydrogen-bond donors (Lipinski definition) is 2. The van der Waals surface area contributed by atoms with Gasteiger partial charge in [-0.25, -0.2) is 17.5 Å². The highest BCUT2D eigenvalue weighted by atomic mass is 32.2. The summed E-state index contributed by atoms with van der Waals surface area (Å²) in [6, 6.07) is 1.60. The van der Waals surface area contributed by atoms with Crippen molar-refractivity contribution in [1.82, 2.24) is 9.29 Å². The molecule has 0 spiro atoms. The summed E-state index contributed by atoms with van der Waals surface area (Å²) >= 11 is 0. The summed E-state index contributed by atoms with van der Waals surface area (Å²) in [7, 11) is -0.400. The van der Waals surface area contributed by atoms with Gasteiger partial charge in [0.1, 0.15) is 5.56 Å². The summed E-state index contributed by atoms with van der Waals surface area (Å²) in [5, 5.41) is 12.0. The van der Waals surface area contributed by atoms with Gasteiger partial charge in [-0.15, -0.1) is 0 Å². The van der Waals surface area contributed by atoms with Crippen molar-refractivity contribution in [2.24, 2.45) is 0 Å². The number of pyridine rings is 1. The lowest BCUT2D eigenvalue weighted by Crippen LogP contribution is -2.28. The number of sulfonamides is 1. The summed E-state index contributed by atoms with van der Waals surface area (Å²) in [4.78, 5) is 15.3. The highest BCUT2D eigenvalue weighted by Crippen LogP contribution is 2.19. The highest BCUT2D eigenvalue weighted by molar-refractivity contribution is 7.89. The van der Waals surface area contributed by atoms with E-state index in [0.717, 1.165) is 4.31 Å². The fourth-order valence-corrected chi connectivity index (χ4v) is 2.46. The Morgan fingerprint density at radius 1 is 1.40 bits per heavy atom. The molecule has 0 aliphatic carbocycles. The first kappa shape index (κ1) is 16.4. The number of nitrogens with one attached hydrogen (secondary N) is 1. The van der Waals surface area contributed by atoms with E-state index in [1.54, 1.807) is 19.9 Å².